The molecule has 428 valence electrons. The molecule has 7 N–H and O–H groups in total. The van der Waals surface area contributed by atoms with Crippen LogP contribution in [-0.2, 0) is 40.5 Å². The van der Waals surface area contributed by atoms with Gasteiger partial charge in [-0.15, -0.1) is 0 Å². The van der Waals surface area contributed by atoms with Gasteiger partial charge in [0.15, 0.2) is 0 Å². The standard InChI is InChI=1S/C64H61N3O12S4/c1-42-7-23-54(24-8-42)65-56-27-29-57(30-28-56)67-59-6-4-5-58(41-59)66-55-25-15-47(16-26-55)52(37-44(3)45-17-31-60(32-18-45)80(68,69)70)38-53(48-19-33-61(34-20-48)81(71,72)73)39-63(50-21-35-62(36-22-50)82(74,75)76)49-13-11-46(12-14-49)51-10-9-43(2)64(40-51)83(77,78)79/h4-36,40-41,44,52-53,63,65-67H,37-39H2,1-3H3,(H,68,69,70)(H,71,72,73)(H,74,75,76)(H,77,78,79). The van der Waals surface area contributed by atoms with Gasteiger partial charge in [-0.1, -0.05) is 116 Å². The van der Waals surface area contributed by atoms with Gasteiger partial charge >= 0.3 is 0 Å². The van der Waals surface area contributed by atoms with Crippen LogP contribution in [0.25, 0.3) is 11.1 Å². The van der Waals surface area contributed by atoms with E-state index < -0.39 is 52.3 Å². The van der Waals surface area contributed by atoms with Gasteiger partial charge in [-0.3, -0.25) is 18.2 Å². The monoisotopic (exact) mass is 1190 g/mol. The smallest absolute Gasteiger partial charge is 0.294 e. The average Bonchev–Trinajstić information content (AvgIpc) is 3.65. The molecule has 4 unspecified atom stereocenters. The van der Waals surface area contributed by atoms with Crippen molar-refractivity contribution >= 4 is 74.6 Å². The number of rotatable bonds is 22. The zero-order chi connectivity index (χ0) is 59.3. The van der Waals surface area contributed by atoms with E-state index in [0.717, 1.165) is 56.4 Å². The molecule has 0 fully saturated rings. The fourth-order valence-electron chi connectivity index (χ4n) is 10.4. The third kappa shape index (κ3) is 15.6. The highest BCUT2D eigenvalue weighted by Crippen LogP contribution is 2.44. The number of hydrogen-bond acceptors (Lipinski definition) is 11. The first kappa shape index (κ1) is 59.6. The van der Waals surface area contributed by atoms with Gasteiger partial charge in [-0.05, 0) is 205 Å². The molecule has 0 heterocycles. The summed E-state index contributed by atoms with van der Waals surface area (Å²) >= 11 is 0. The van der Waals surface area contributed by atoms with E-state index >= 15 is 0 Å². The van der Waals surface area contributed by atoms with E-state index in [4.69, 9.17) is 0 Å². The Bertz CT molecular complexity index is 4210. The lowest BCUT2D eigenvalue weighted by atomic mass is 9.74. The second kappa shape index (κ2) is 24.9. The van der Waals surface area contributed by atoms with Gasteiger partial charge in [0.1, 0.15) is 0 Å². The van der Waals surface area contributed by atoms with E-state index in [9.17, 15) is 51.9 Å². The first-order chi connectivity index (χ1) is 39.3. The van der Waals surface area contributed by atoms with Crippen molar-refractivity contribution in [3.8, 4) is 11.1 Å². The van der Waals surface area contributed by atoms with Gasteiger partial charge < -0.3 is 16.0 Å². The summed E-state index contributed by atoms with van der Waals surface area (Å²) in [7, 11) is -18.1. The normalized spacial score (nSPS) is 13.6. The van der Waals surface area contributed by atoms with Crippen molar-refractivity contribution < 1.29 is 51.9 Å². The number of benzene rings is 9. The Hall–Kier alpha value is -7.98. The first-order valence-corrected chi connectivity index (χ1v) is 32.2. The second-order valence-corrected chi connectivity index (χ2v) is 26.4. The molecular formula is C64H61N3O12S4. The molecule has 83 heavy (non-hydrogen) atoms. The molecule has 9 aromatic carbocycles. The van der Waals surface area contributed by atoms with Crippen LogP contribution in [0.5, 0.6) is 0 Å². The number of aryl methyl sites for hydroxylation is 2. The van der Waals surface area contributed by atoms with Crippen molar-refractivity contribution in [1.82, 2.24) is 0 Å². The van der Waals surface area contributed by atoms with Gasteiger partial charge in [-0.2, -0.15) is 33.7 Å². The Morgan fingerprint density at radius 3 is 1.16 bits per heavy atom. The SMILES string of the molecule is Cc1ccc(Nc2ccc(Nc3cccc(Nc4ccc(C(CC(C)c5ccc(S(=O)(=O)O)cc5)CC(CC(c5ccc(-c6ccc(C)c(S(=O)(=O)O)c6)cc5)c5ccc(S(=O)(=O)O)cc5)c5ccc(S(=O)(=O)O)cc5)cc4)c3)cc2)cc1. The molecular weight excluding hydrogens is 1130 g/mol. The maximum atomic E-state index is 12.4. The Labute approximate surface area is 485 Å². The molecule has 0 amide bonds. The zero-order valence-electron chi connectivity index (χ0n) is 45.3. The Kier molecular flexibility index (Phi) is 17.9. The minimum atomic E-state index is -4.57. The van der Waals surface area contributed by atoms with Crippen LogP contribution >= 0.6 is 0 Å². The summed E-state index contributed by atoms with van der Waals surface area (Å²) in [5.74, 6) is -1.29. The minimum absolute atomic E-state index is 0.175. The van der Waals surface area contributed by atoms with E-state index in [1.807, 2.05) is 123 Å². The lowest BCUT2D eigenvalue weighted by molar-refractivity contribution is 0.446. The van der Waals surface area contributed by atoms with E-state index in [1.54, 1.807) is 55.5 Å². The van der Waals surface area contributed by atoms with E-state index in [1.165, 1.54) is 48.0 Å². The average molecular weight is 1190 g/mol. The molecule has 0 aromatic heterocycles. The maximum absolute atomic E-state index is 12.4. The van der Waals surface area contributed by atoms with Crippen LogP contribution in [0, 0.1) is 13.8 Å². The van der Waals surface area contributed by atoms with Crippen molar-refractivity contribution in [2.75, 3.05) is 16.0 Å². The molecule has 0 aliphatic heterocycles. The summed E-state index contributed by atoms with van der Waals surface area (Å²) in [6, 6.07) is 62.2. The van der Waals surface area contributed by atoms with Crippen LogP contribution in [0.2, 0.25) is 0 Å². The molecule has 15 nitrogen and oxygen atoms in total. The van der Waals surface area contributed by atoms with Crippen molar-refractivity contribution in [1.29, 1.82) is 0 Å². The van der Waals surface area contributed by atoms with E-state index in [2.05, 4.69) is 28.1 Å². The summed E-state index contributed by atoms with van der Waals surface area (Å²) < 4.78 is 138. The highest BCUT2D eigenvalue weighted by molar-refractivity contribution is 7.86. The van der Waals surface area contributed by atoms with Crippen LogP contribution in [0.15, 0.2) is 232 Å². The first-order valence-electron chi connectivity index (χ1n) is 26.4. The lowest BCUT2D eigenvalue weighted by Gasteiger charge is -2.30. The summed E-state index contributed by atoms with van der Waals surface area (Å²) in [6.07, 6.45) is 1.32. The molecule has 4 atom stereocenters. The van der Waals surface area contributed by atoms with Gasteiger partial charge in [-0.25, -0.2) is 0 Å². The Balaban J connectivity index is 1.05. The third-order valence-corrected chi connectivity index (χ3v) is 18.5. The summed E-state index contributed by atoms with van der Waals surface area (Å²) in [5, 5.41) is 10.4. The van der Waals surface area contributed by atoms with E-state index in [-0.39, 0.29) is 31.4 Å². The van der Waals surface area contributed by atoms with Gasteiger partial charge in [0.25, 0.3) is 40.5 Å². The topological polar surface area (TPSA) is 254 Å². The largest absolute Gasteiger partial charge is 0.356 e. The van der Waals surface area contributed by atoms with E-state index in [0.29, 0.717) is 41.5 Å². The summed E-state index contributed by atoms with van der Waals surface area (Å²) in [6.45, 7) is 5.65. The minimum Gasteiger partial charge on any atom is -0.356 e. The Morgan fingerprint density at radius 2 is 0.711 bits per heavy atom. The van der Waals surface area contributed by atoms with Crippen LogP contribution in [-0.4, -0.2) is 51.9 Å². The van der Waals surface area contributed by atoms with Crippen molar-refractivity contribution in [2.24, 2.45) is 0 Å². The van der Waals surface area contributed by atoms with Crippen LogP contribution in [0.1, 0.15) is 88.8 Å². The Morgan fingerprint density at radius 1 is 0.349 bits per heavy atom. The zero-order valence-corrected chi connectivity index (χ0v) is 48.6. The molecule has 9 aromatic rings. The van der Waals surface area contributed by atoms with Crippen LogP contribution in [0.4, 0.5) is 34.1 Å². The molecule has 0 saturated heterocycles. The van der Waals surface area contributed by atoms with Crippen LogP contribution in [0.3, 0.4) is 0 Å². The van der Waals surface area contributed by atoms with Crippen LogP contribution < -0.4 is 16.0 Å². The van der Waals surface area contributed by atoms with Gasteiger partial charge in [0, 0.05) is 40.0 Å². The fourth-order valence-corrected chi connectivity index (χ4v) is 12.6. The molecule has 0 spiro atoms. The van der Waals surface area contributed by atoms with Crippen molar-refractivity contribution in [3.63, 3.8) is 0 Å². The van der Waals surface area contributed by atoms with Crippen molar-refractivity contribution in [2.45, 2.75) is 83.3 Å². The molecule has 9 rings (SSSR count). The third-order valence-electron chi connectivity index (χ3n) is 14.9. The highest BCUT2D eigenvalue weighted by atomic mass is 32.2. The molecule has 0 aliphatic rings. The quantitative estimate of drug-likeness (QED) is 0.0312. The fraction of sp³-hybridized carbons (Fsp3) is 0.156. The molecule has 0 radical (unpaired) electrons. The van der Waals surface area contributed by atoms with Gasteiger partial charge in [0.2, 0.25) is 0 Å². The molecule has 0 aliphatic carbocycles. The summed E-state index contributed by atoms with van der Waals surface area (Å²) in [5.41, 5.74) is 12.0. The molecule has 0 saturated carbocycles. The maximum Gasteiger partial charge on any atom is 0.294 e. The lowest BCUT2D eigenvalue weighted by Crippen LogP contribution is -2.14. The number of anilines is 6. The molecule has 0 bridgehead atoms. The second-order valence-electron chi connectivity index (χ2n) is 20.8. The number of hydrogen-bond donors (Lipinski definition) is 7. The molecule has 19 heteroatoms. The van der Waals surface area contributed by atoms with Gasteiger partial charge in [0.05, 0.1) is 19.6 Å². The predicted molar refractivity (Wildman–Crippen MR) is 325 cm³/mol. The van der Waals surface area contributed by atoms with Crippen molar-refractivity contribution in [3.05, 3.63) is 251 Å². The summed E-state index contributed by atoms with van der Waals surface area (Å²) in [4.78, 5) is -1.08. The number of nitrogens with one attached hydrogen (secondary N) is 3. The predicted octanol–water partition coefficient (Wildman–Crippen LogP) is 14.9. The highest BCUT2D eigenvalue weighted by Gasteiger charge is 2.28.